The average molecular weight is 717 g/mol. The summed E-state index contributed by atoms with van der Waals surface area (Å²) in [5.74, 6) is 2.34. The molecule has 8 nitrogen and oxygen atoms in total. The molecule has 4 atom stereocenters. The first-order valence-corrected chi connectivity index (χ1v) is 19.5. The third kappa shape index (κ3) is 9.87. The van der Waals surface area contributed by atoms with E-state index in [2.05, 4.69) is 75.5 Å². The summed E-state index contributed by atoms with van der Waals surface area (Å²) in [4.78, 5) is 23.2. The van der Waals surface area contributed by atoms with Crippen LogP contribution in [0, 0.1) is 11.8 Å². The summed E-state index contributed by atoms with van der Waals surface area (Å²) in [5.41, 5.74) is 3.25. The number of rotatable bonds is 22. The van der Waals surface area contributed by atoms with Crippen molar-refractivity contribution < 1.29 is 38.0 Å². The van der Waals surface area contributed by atoms with Crippen molar-refractivity contribution in [1.82, 2.24) is 0 Å². The number of hydrogen-bond donors (Lipinski definition) is 0. The minimum absolute atomic E-state index is 0.0912. The molecule has 284 valence electrons. The van der Waals surface area contributed by atoms with Crippen LogP contribution in [0.5, 0.6) is 11.5 Å². The molecular formula is C44H60O8. The molecule has 0 aliphatic heterocycles. The van der Waals surface area contributed by atoms with Crippen molar-refractivity contribution in [2.75, 3.05) is 26.4 Å². The molecule has 8 heteroatoms. The Morgan fingerprint density at radius 2 is 0.981 bits per heavy atom. The molecular weight excluding hydrogens is 656 g/mol. The summed E-state index contributed by atoms with van der Waals surface area (Å²) in [5, 5.41) is 0. The van der Waals surface area contributed by atoms with Crippen molar-refractivity contribution in [3.8, 4) is 11.5 Å². The maximum Gasteiger partial charge on any atom is 0.330 e. The first-order chi connectivity index (χ1) is 25.2. The average Bonchev–Trinajstić information content (AvgIpc) is 3.16. The molecule has 4 bridgehead atoms. The molecule has 52 heavy (non-hydrogen) atoms. The smallest absolute Gasteiger partial charge is 0.330 e. The third-order valence-electron chi connectivity index (χ3n) is 11.6. The van der Waals surface area contributed by atoms with E-state index in [1.807, 2.05) is 13.8 Å². The Labute approximate surface area is 311 Å². The fourth-order valence-electron chi connectivity index (χ4n) is 9.08. The van der Waals surface area contributed by atoms with Crippen molar-refractivity contribution in [1.29, 1.82) is 0 Å². The Bertz CT molecular complexity index is 1340. The van der Waals surface area contributed by atoms with E-state index in [0.29, 0.717) is 39.3 Å². The number of ether oxygens (including phenoxy) is 6. The maximum atomic E-state index is 11.6. The van der Waals surface area contributed by atoms with Gasteiger partial charge in [0.1, 0.15) is 36.9 Å². The van der Waals surface area contributed by atoms with Crippen molar-refractivity contribution in [2.24, 2.45) is 11.8 Å². The quantitative estimate of drug-likeness (QED) is 0.0883. The zero-order valence-electron chi connectivity index (χ0n) is 31.8. The molecule has 2 aromatic rings. The van der Waals surface area contributed by atoms with E-state index in [4.69, 9.17) is 28.4 Å². The van der Waals surface area contributed by atoms with E-state index in [-0.39, 0.29) is 35.2 Å². The Kier molecular flexibility index (Phi) is 14.0. The van der Waals surface area contributed by atoms with Gasteiger partial charge < -0.3 is 28.4 Å². The molecule has 0 N–H and O–H groups in total. The van der Waals surface area contributed by atoms with Gasteiger partial charge in [0.2, 0.25) is 0 Å². The van der Waals surface area contributed by atoms with E-state index in [1.54, 1.807) is 0 Å². The number of carbonyl (C=O) groups excluding carboxylic acids is 2. The lowest BCUT2D eigenvalue weighted by molar-refractivity contribution is -0.148. The largest absolute Gasteiger partial charge is 0.491 e. The van der Waals surface area contributed by atoms with Gasteiger partial charge in [-0.1, -0.05) is 65.1 Å². The molecule has 0 amide bonds. The highest BCUT2D eigenvalue weighted by atomic mass is 16.6. The van der Waals surface area contributed by atoms with Gasteiger partial charge in [0.15, 0.2) is 0 Å². The van der Waals surface area contributed by atoms with E-state index in [1.165, 1.54) is 61.8 Å². The SMILES string of the molecule is C=CC(=O)OC(CC)COC(CC)COc1ccc(C23CC4CC(C2)CC(c2ccc(OCC(CC)OCC(CC)OC(=O)C=C)cc2)(C4)C3)cc1. The lowest BCUT2D eigenvalue weighted by Crippen LogP contribution is -2.55. The summed E-state index contributed by atoms with van der Waals surface area (Å²) in [7, 11) is 0. The molecule has 4 aliphatic carbocycles. The van der Waals surface area contributed by atoms with E-state index < -0.39 is 11.9 Å². The van der Waals surface area contributed by atoms with Crippen LogP contribution in [0.25, 0.3) is 0 Å². The highest BCUT2D eigenvalue weighted by Gasteiger charge is 2.58. The molecule has 0 heterocycles. The lowest BCUT2D eigenvalue weighted by Gasteiger charge is -2.62. The molecule has 0 saturated heterocycles. The normalized spacial score (nSPS) is 25.4. The first kappa shape index (κ1) is 39.6. The van der Waals surface area contributed by atoms with Gasteiger partial charge in [-0.15, -0.1) is 0 Å². The van der Waals surface area contributed by atoms with Crippen LogP contribution in [-0.2, 0) is 39.4 Å². The van der Waals surface area contributed by atoms with Crippen LogP contribution in [0.3, 0.4) is 0 Å². The first-order valence-electron chi connectivity index (χ1n) is 19.5. The fourth-order valence-corrected chi connectivity index (χ4v) is 9.08. The van der Waals surface area contributed by atoms with Crippen molar-refractivity contribution in [2.45, 2.75) is 127 Å². The van der Waals surface area contributed by atoms with Crippen molar-refractivity contribution in [3.05, 3.63) is 85.0 Å². The minimum atomic E-state index is -0.426. The summed E-state index contributed by atoms with van der Waals surface area (Å²) in [6, 6.07) is 17.7. The molecule has 0 aromatic heterocycles. The molecule has 0 spiro atoms. The van der Waals surface area contributed by atoms with Gasteiger partial charge in [0.05, 0.1) is 25.4 Å². The number of esters is 2. The summed E-state index contributed by atoms with van der Waals surface area (Å²) < 4.78 is 35.2. The van der Waals surface area contributed by atoms with Crippen LogP contribution in [0.1, 0.15) is 103 Å². The van der Waals surface area contributed by atoms with Gasteiger partial charge in [0.25, 0.3) is 0 Å². The van der Waals surface area contributed by atoms with Crippen molar-refractivity contribution >= 4 is 11.9 Å². The second-order valence-electron chi connectivity index (χ2n) is 15.3. The molecule has 2 aromatic carbocycles. The molecule has 4 aliphatic rings. The molecule has 0 radical (unpaired) electrons. The van der Waals surface area contributed by atoms with Crippen LogP contribution in [0.4, 0.5) is 0 Å². The second kappa shape index (κ2) is 18.4. The van der Waals surface area contributed by atoms with Gasteiger partial charge in [-0.2, -0.15) is 0 Å². The van der Waals surface area contributed by atoms with Crippen molar-refractivity contribution in [3.63, 3.8) is 0 Å². The predicted octanol–water partition coefficient (Wildman–Crippen LogP) is 8.84. The Hall–Kier alpha value is -3.62. The zero-order valence-corrected chi connectivity index (χ0v) is 31.8. The van der Waals surface area contributed by atoms with Gasteiger partial charge >= 0.3 is 11.9 Å². The van der Waals surface area contributed by atoms with E-state index >= 15 is 0 Å². The van der Waals surface area contributed by atoms with Crippen LogP contribution in [0.15, 0.2) is 73.8 Å². The van der Waals surface area contributed by atoms with Crippen LogP contribution < -0.4 is 9.47 Å². The molecule has 4 unspecified atom stereocenters. The maximum absolute atomic E-state index is 11.6. The van der Waals surface area contributed by atoms with Gasteiger partial charge in [-0.25, -0.2) is 9.59 Å². The Morgan fingerprint density at radius 3 is 1.31 bits per heavy atom. The predicted molar refractivity (Wildman–Crippen MR) is 203 cm³/mol. The number of benzene rings is 2. The summed E-state index contributed by atoms with van der Waals surface area (Å²) in [6.45, 7) is 16.6. The fraction of sp³-hybridized carbons (Fsp3) is 0.591. The highest BCUT2D eigenvalue weighted by molar-refractivity contribution is 5.81. The summed E-state index contributed by atoms with van der Waals surface area (Å²) in [6.07, 6.45) is 12.1. The monoisotopic (exact) mass is 716 g/mol. The number of carbonyl (C=O) groups is 2. The standard InChI is InChI=1S/C44H60O8/c1-7-35(47-28-37(9-3)51-41(45)11-5)26-49-39-17-13-33(14-18-39)43-22-31-21-32(23-43)25-44(24-31,30-43)34-15-19-40(20-16-34)50-27-36(8-2)48-29-38(10-4)52-42(46)12-6/h11-20,31-32,35-38H,5-10,21-30H2,1-4H3. The van der Waals surface area contributed by atoms with E-state index in [0.717, 1.165) is 36.2 Å². The molecule has 4 saturated carbocycles. The Morgan fingerprint density at radius 1 is 0.615 bits per heavy atom. The Balaban J connectivity index is 1.17. The highest BCUT2D eigenvalue weighted by Crippen LogP contribution is 2.66. The van der Waals surface area contributed by atoms with Gasteiger partial charge in [-0.05, 0) is 122 Å². The molecule has 6 rings (SSSR count). The summed E-state index contributed by atoms with van der Waals surface area (Å²) >= 11 is 0. The van der Waals surface area contributed by atoms with Gasteiger partial charge in [0, 0.05) is 12.2 Å². The van der Waals surface area contributed by atoms with Crippen LogP contribution in [-0.4, -0.2) is 62.8 Å². The molecule has 4 fully saturated rings. The van der Waals surface area contributed by atoms with E-state index in [9.17, 15) is 9.59 Å². The lowest BCUT2D eigenvalue weighted by atomic mass is 9.42. The minimum Gasteiger partial charge on any atom is -0.491 e. The zero-order chi connectivity index (χ0) is 37.1. The number of hydrogen-bond acceptors (Lipinski definition) is 8. The topological polar surface area (TPSA) is 89.5 Å². The van der Waals surface area contributed by atoms with Gasteiger partial charge in [-0.3, -0.25) is 0 Å². The van der Waals surface area contributed by atoms with Crippen LogP contribution in [0.2, 0.25) is 0 Å². The van der Waals surface area contributed by atoms with Crippen LogP contribution >= 0.6 is 0 Å². The third-order valence-corrected chi connectivity index (χ3v) is 11.6. The second-order valence-corrected chi connectivity index (χ2v) is 15.3.